The number of nitrogens with zero attached hydrogens (tertiary/aromatic N) is 2. The Morgan fingerprint density at radius 3 is 2.74 bits per heavy atom. The van der Waals surface area contributed by atoms with Crippen LogP contribution in [0, 0.1) is 6.92 Å². The molecule has 34 heavy (non-hydrogen) atoms. The number of halogens is 3. The van der Waals surface area contributed by atoms with E-state index in [1.54, 1.807) is 37.4 Å². The molecule has 1 atom stereocenters. The summed E-state index contributed by atoms with van der Waals surface area (Å²) in [5.74, 6) is -2.80. The van der Waals surface area contributed by atoms with Crippen LogP contribution in [0.15, 0.2) is 53.0 Å². The predicted octanol–water partition coefficient (Wildman–Crippen LogP) is 6.18. The van der Waals surface area contributed by atoms with Gasteiger partial charge in [-0.05, 0) is 56.5 Å². The third-order valence-corrected chi connectivity index (χ3v) is 5.95. The molecule has 0 bridgehead atoms. The second kappa shape index (κ2) is 8.68. The van der Waals surface area contributed by atoms with Crippen LogP contribution in [0.2, 0.25) is 0 Å². The first kappa shape index (κ1) is 23.6. The van der Waals surface area contributed by atoms with Crippen molar-refractivity contribution in [1.82, 2.24) is 9.72 Å². The van der Waals surface area contributed by atoms with Crippen molar-refractivity contribution in [3.8, 4) is 0 Å². The van der Waals surface area contributed by atoms with Crippen molar-refractivity contribution in [2.75, 3.05) is 0 Å². The molecule has 0 amide bonds. The van der Waals surface area contributed by atoms with Crippen LogP contribution in [0.1, 0.15) is 53.2 Å². The van der Waals surface area contributed by atoms with Gasteiger partial charge in [0, 0.05) is 23.2 Å². The van der Waals surface area contributed by atoms with Crippen LogP contribution in [0.5, 0.6) is 0 Å². The molecular formula is C25H21ClF2N2O4. The molecule has 0 spiro atoms. The summed E-state index contributed by atoms with van der Waals surface area (Å²) in [6, 6.07) is 5.07. The standard InChI is InChI=1S/C25H21ClF2N2O4/c1-13-12-30(17-9-4-6-14(19(13)17)10-11-18(31)32)24(33)21-22(29-34-23(21)25(2,3)28)20-15(26)7-5-8-16(20)27/h4-6,8-12,15H,7H2,1-3H3,(H,31,32)/b11-10+. The molecular weight excluding hydrogens is 466 g/mol. The van der Waals surface area contributed by atoms with Crippen molar-refractivity contribution in [2.45, 2.75) is 38.2 Å². The van der Waals surface area contributed by atoms with Crippen LogP contribution in [0.25, 0.3) is 22.6 Å². The number of allylic oxidation sites excluding steroid dienone is 4. The monoisotopic (exact) mass is 486 g/mol. The molecule has 1 unspecified atom stereocenters. The van der Waals surface area contributed by atoms with Gasteiger partial charge >= 0.3 is 5.97 Å². The Bertz CT molecular complexity index is 1410. The molecule has 176 valence electrons. The molecule has 1 N–H and O–H groups in total. The molecule has 4 rings (SSSR count). The van der Waals surface area contributed by atoms with E-state index in [4.69, 9.17) is 21.2 Å². The maximum atomic E-state index is 15.1. The summed E-state index contributed by atoms with van der Waals surface area (Å²) in [5, 5.41) is 12.7. The van der Waals surface area contributed by atoms with E-state index < -0.39 is 28.7 Å². The van der Waals surface area contributed by atoms with Crippen molar-refractivity contribution < 1.29 is 28.0 Å². The minimum atomic E-state index is -2.09. The van der Waals surface area contributed by atoms with Gasteiger partial charge in [-0.2, -0.15) is 0 Å². The highest BCUT2D eigenvalue weighted by Crippen LogP contribution is 2.39. The number of carboxylic acid groups (broad SMARTS) is 1. The highest BCUT2D eigenvalue weighted by Gasteiger charge is 2.38. The lowest BCUT2D eigenvalue weighted by atomic mass is 9.93. The number of benzene rings is 1. The van der Waals surface area contributed by atoms with Gasteiger partial charge in [-0.1, -0.05) is 23.4 Å². The Morgan fingerprint density at radius 1 is 1.35 bits per heavy atom. The third-order valence-electron chi connectivity index (χ3n) is 5.55. The van der Waals surface area contributed by atoms with Crippen LogP contribution in [-0.2, 0) is 10.5 Å². The Hall–Kier alpha value is -3.52. The van der Waals surface area contributed by atoms with Gasteiger partial charge in [0.2, 0.25) is 0 Å². The number of carboxylic acids is 1. The van der Waals surface area contributed by atoms with E-state index in [0.29, 0.717) is 28.5 Å². The molecule has 1 aliphatic carbocycles. The normalized spacial score (nSPS) is 16.7. The number of aromatic nitrogens is 2. The first-order valence-electron chi connectivity index (χ1n) is 10.5. The predicted molar refractivity (Wildman–Crippen MR) is 125 cm³/mol. The number of aryl methyl sites for hydroxylation is 1. The first-order valence-corrected chi connectivity index (χ1v) is 10.9. The van der Waals surface area contributed by atoms with E-state index in [0.717, 1.165) is 6.08 Å². The van der Waals surface area contributed by atoms with Crippen LogP contribution >= 0.6 is 11.6 Å². The Morgan fingerprint density at radius 2 is 2.09 bits per heavy atom. The number of rotatable bonds is 5. The fraction of sp³-hybridized carbons (Fsp3) is 0.240. The van der Waals surface area contributed by atoms with Gasteiger partial charge in [0.1, 0.15) is 17.1 Å². The molecule has 2 heterocycles. The van der Waals surface area contributed by atoms with Crippen LogP contribution in [0.4, 0.5) is 8.78 Å². The molecule has 0 saturated heterocycles. The minimum Gasteiger partial charge on any atom is -0.478 e. The summed E-state index contributed by atoms with van der Waals surface area (Å²) < 4.78 is 36.4. The van der Waals surface area contributed by atoms with Gasteiger partial charge in [-0.25, -0.2) is 13.6 Å². The summed E-state index contributed by atoms with van der Waals surface area (Å²) in [5.41, 5.74) is -0.750. The lowest BCUT2D eigenvalue weighted by molar-refractivity contribution is -0.131. The summed E-state index contributed by atoms with van der Waals surface area (Å²) in [7, 11) is 0. The van der Waals surface area contributed by atoms with Gasteiger partial charge in [-0.15, -0.1) is 11.6 Å². The summed E-state index contributed by atoms with van der Waals surface area (Å²) in [4.78, 5) is 24.8. The molecule has 2 aromatic heterocycles. The highest BCUT2D eigenvalue weighted by molar-refractivity contribution is 6.27. The van der Waals surface area contributed by atoms with E-state index in [9.17, 15) is 14.0 Å². The number of hydrogen-bond donors (Lipinski definition) is 1. The molecule has 1 aromatic carbocycles. The SMILES string of the molecule is Cc1cn(C(=O)c2c(C3=C(F)C=CCC3Cl)noc2C(C)(C)F)c2cccc(/C=C/C(=O)O)c12. The molecule has 6 nitrogen and oxygen atoms in total. The Balaban J connectivity index is 1.96. The summed E-state index contributed by atoms with van der Waals surface area (Å²) >= 11 is 6.34. The van der Waals surface area contributed by atoms with Crippen molar-refractivity contribution in [2.24, 2.45) is 0 Å². The second-order valence-electron chi connectivity index (χ2n) is 8.48. The van der Waals surface area contributed by atoms with Crippen molar-refractivity contribution in [3.05, 3.63) is 76.6 Å². The van der Waals surface area contributed by atoms with Gasteiger partial charge in [-0.3, -0.25) is 9.36 Å². The molecule has 0 saturated carbocycles. The lowest BCUT2D eigenvalue weighted by Crippen LogP contribution is -2.20. The maximum absolute atomic E-state index is 15.1. The molecule has 0 aliphatic heterocycles. The van der Waals surface area contributed by atoms with Crippen LogP contribution in [-0.4, -0.2) is 32.1 Å². The number of aliphatic carboxylic acids is 1. The van der Waals surface area contributed by atoms with Crippen LogP contribution in [0.3, 0.4) is 0 Å². The number of alkyl halides is 2. The zero-order chi connectivity index (χ0) is 24.8. The van der Waals surface area contributed by atoms with Crippen molar-refractivity contribution in [1.29, 1.82) is 0 Å². The van der Waals surface area contributed by atoms with E-state index >= 15 is 4.39 Å². The zero-order valence-electron chi connectivity index (χ0n) is 18.6. The van der Waals surface area contributed by atoms with Gasteiger partial charge in [0.15, 0.2) is 11.4 Å². The molecule has 9 heteroatoms. The minimum absolute atomic E-state index is 0.0370. The van der Waals surface area contributed by atoms with Gasteiger partial charge < -0.3 is 9.63 Å². The van der Waals surface area contributed by atoms with E-state index in [1.165, 1.54) is 30.6 Å². The fourth-order valence-electron chi connectivity index (χ4n) is 4.09. The van der Waals surface area contributed by atoms with E-state index in [-0.39, 0.29) is 22.6 Å². The van der Waals surface area contributed by atoms with Crippen molar-refractivity contribution in [3.63, 3.8) is 0 Å². The molecule has 0 fully saturated rings. The number of carbonyl (C=O) groups excluding carboxylic acids is 1. The average molecular weight is 487 g/mol. The summed E-state index contributed by atoms with van der Waals surface area (Å²) in [6.45, 7) is 4.19. The first-order chi connectivity index (χ1) is 16.0. The van der Waals surface area contributed by atoms with Gasteiger partial charge in [0.05, 0.1) is 10.9 Å². The second-order valence-corrected chi connectivity index (χ2v) is 9.00. The molecule has 1 aliphatic rings. The molecule has 3 aromatic rings. The highest BCUT2D eigenvalue weighted by atomic mass is 35.5. The lowest BCUT2D eigenvalue weighted by Gasteiger charge is -2.17. The Kier molecular flexibility index (Phi) is 6.03. The van der Waals surface area contributed by atoms with Crippen LogP contribution < -0.4 is 0 Å². The molecule has 0 radical (unpaired) electrons. The smallest absolute Gasteiger partial charge is 0.328 e. The largest absolute Gasteiger partial charge is 0.478 e. The number of hydrogen-bond acceptors (Lipinski definition) is 4. The average Bonchev–Trinajstić information content (AvgIpc) is 3.34. The topological polar surface area (TPSA) is 85.3 Å². The Labute approximate surface area is 198 Å². The van der Waals surface area contributed by atoms with Gasteiger partial charge in [0.25, 0.3) is 5.91 Å². The summed E-state index contributed by atoms with van der Waals surface area (Å²) in [6.07, 6.45) is 7.09. The van der Waals surface area contributed by atoms with Crippen molar-refractivity contribution >= 4 is 46.0 Å². The quantitative estimate of drug-likeness (QED) is 0.344. The number of carbonyl (C=O) groups is 2. The zero-order valence-corrected chi connectivity index (χ0v) is 19.4. The number of fused-ring (bicyclic) bond motifs is 1. The maximum Gasteiger partial charge on any atom is 0.328 e. The third kappa shape index (κ3) is 4.09. The van der Waals surface area contributed by atoms with E-state index in [1.807, 2.05) is 0 Å². The van der Waals surface area contributed by atoms with E-state index in [2.05, 4.69) is 5.16 Å². The fourth-order valence-corrected chi connectivity index (χ4v) is 4.40.